The van der Waals surface area contributed by atoms with Crippen molar-refractivity contribution in [1.82, 2.24) is 4.90 Å². The van der Waals surface area contributed by atoms with E-state index in [0.717, 1.165) is 31.0 Å². The summed E-state index contributed by atoms with van der Waals surface area (Å²) in [6.07, 6.45) is 4.07. The Morgan fingerprint density at radius 1 is 1.40 bits per heavy atom. The summed E-state index contributed by atoms with van der Waals surface area (Å²) >= 11 is 0. The summed E-state index contributed by atoms with van der Waals surface area (Å²) in [4.78, 5) is 2.32. The maximum absolute atomic E-state index is 5.79. The normalized spacial score (nSPS) is 19.3. The zero-order valence-corrected chi connectivity index (χ0v) is 12.6. The van der Waals surface area contributed by atoms with Crippen LogP contribution in [0.15, 0.2) is 18.2 Å². The molecule has 2 rings (SSSR count). The van der Waals surface area contributed by atoms with E-state index in [0.29, 0.717) is 12.6 Å². The van der Waals surface area contributed by atoms with Gasteiger partial charge in [0, 0.05) is 31.8 Å². The standard InChI is InChI=1S/C16H26N2O2/c1-18(12-15-5-3-4-8-20-15)11-13-6-7-16(19-2)14(9-13)10-17/h6-7,9,15H,3-5,8,10-12,17H2,1-2H3. The van der Waals surface area contributed by atoms with Crippen LogP contribution < -0.4 is 10.5 Å². The van der Waals surface area contributed by atoms with Crippen LogP contribution in [0.4, 0.5) is 0 Å². The number of nitrogens with zero attached hydrogens (tertiary/aromatic N) is 1. The van der Waals surface area contributed by atoms with Crippen LogP contribution in [0.1, 0.15) is 30.4 Å². The number of benzene rings is 1. The lowest BCUT2D eigenvalue weighted by atomic mass is 10.1. The van der Waals surface area contributed by atoms with Crippen molar-refractivity contribution in [2.45, 2.75) is 38.5 Å². The summed E-state index contributed by atoms with van der Waals surface area (Å²) in [5.74, 6) is 0.870. The largest absolute Gasteiger partial charge is 0.496 e. The Hall–Kier alpha value is -1.10. The van der Waals surface area contributed by atoms with Crippen LogP contribution in [-0.2, 0) is 17.8 Å². The number of likely N-dealkylation sites (N-methyl/N-ethyl adjacent to an activating group) is 1. The number of hydrogen-bond donors (Lipinski definition) is 1. The average Bonchev–Trinajstić information content (AvgIpc) is 2.48. The van der Waals surface area contributed by atoms with E-state index in [-0.39, 0.29) is 0 Å². The quantitative estimate of drug-likeness (QED) is 0.866. The van der Waals surface area contributed by atoms with E-state index in [1.807, 2.05) is 6.07 Å². The lowest BCUT2D eigenvalue weighted by molar-refractivity contribution is -0.00259. The number of hydrogen-bond acceptors (Lipinski definition) is 4. The zero-order valence-electron chi connectivity index (χ0n) is 12.6. The molecule has 0 aliphatic carbocycles. The molecule has 112 valence electrons. The van der Waals surface area contributed by atoms with Gasteiger partial charge in [-0.25, -0.2) is 0 Å². The van der Waals surface area contributed by atoms with Crippen LogP contribution in [0.3, 0.4) is 0 Å². The van der Waals surface area contributed by atoms with Crippen LogP contribution in [0.25, 0.3) is 0 Å². The highest BCUT2D eigenvalue weighted by atomic mass is 16.5. The van der Waals surface area contributed by atoms with E-state index in [4.69, 9.17) is 15.2 Å². The molecule has 0 radical (unpaired) electrons. The smallest absolute Gasteiger partial charge is 0.123 e. The van der Waals surface area contributed by atoms with Crippen LogP contribution in [0.5, 0.6) is 5.75 Å². The Morgan fingerprint density at radius 2 is 2.25 bits per heavy atom. The number of rotatable bonds is 6. The topological polar surface area (TPSA) is 47.7 Å². The van der Waals surface area contributed by atoms with Crippen LogP contribution in [0, 0.1) is 0 Å². The molecule has 1 saturated heterocycles. The fraction of sp³-hybridized carbons (Fsp3) is 0.625. The van der Waals surface area contributed by atoms with Crippen molar-refractivity contribution >= 4 is 0 Å². The van der Waals surface area contributed by atoms with Gasteiger partial charge in [-0.15, -0.1) is 0 Å². The van der Waals surface area contributed by atoms with E-state index in [2.05, 4.69) is 24.1 Å². The van der Waals surface area contributed by atoms with E-state index in [1.54, 1.807) is 7.11 Å². The summed E-state index contributed by atoms with van der Waals surface area (Å²) in [6, 6.07) is 6.25. The first-order valence-electron chi connectivity index (χ1n) is 7.39. The highest BCUT2D eigenvalue weighted by Crippen LogP contribution is 2.20. The Morgan fingerprint density at radius 3 is 2.90 bits per heavy atom. The third-order valence-electron chi connectivity index (χ3n) is 3.81. The molecule has 1 fully saturated rings. The van der Waals surface area contributed by atoms with Gasteiger partial charge in [-0.3, -0.25) is 4.90 Å². The second kappa shape index (κ2) is 7.62. The van der Waals surface area contributed by atoms with Gasteiger partial charge in [-0.2, -0.15) is 0 Å². The van der Waals surface area contributed by atoms with Crippen molar-refractivity contribution in [3.05, 3.63) is 29.3 Å². The van der Waals surface area contributed by atoms with Gasteiger partial charge in [0.2, 0.25) is 0 Å². The number of ether oxygens (including phenoxy) is 2. The molecule has 1 atom stereocenters. The Kier molecular flexibility index (Phi) is 5.83. The van der Waals surface area contributed by atoms with E-state index >= 15 is 0 Å². The molecule has 1 unspecified atom stereocenters. The van der Waals surface area contributed by atoms with Crippen molar-refractivity contribution in [2.75, 3.05) is 27.3 Å². The van der Waals surface area contributed by atoms with E-state index < -0.39 is 0 Å². The first kappa shape index (κ1) is 15.3. The van der Waals surface area contributed by atoms with Gasteiger partial charge >= 0.3 is 0 Å². The molecular weight excluding hydrogens is 252 g/mol. The summed E-state index contributed by atoms with van der Waals surface area (Å²) in [5, 5.41) is 0. The molecule has 1 aromatic carbocycles. The summed E-state index contributed by atoms with van der Waals surface area (Å²) < 4.78 is 11.1. The third-order valence-corrected chi connectivity index (χ3v) is 3.81. The molecule has 1 aliphatic heterocycles. The fourth-order valence-corrected chi connectivity index (χ4v) is 2.77. The monoisotopic (exact) mass is 278 g/mol. The van der Waals surface area contributed by atoms with Gasteiger partial charge in [0.1, 0.15) is 5.75 Å². The van der Waals surface area contributed by atoms with Gasteiger partial charge in [-0.05, 0) is 44.0 Å². The van der Waals surface area contributed by atoms with Crippen LogP contribution in [-0.4, -0.2) is 38.3 Å². The lowest BCUT2D eigenvalue weighted by Gasteiger charge is -2.27. The van der Waals surface area contributed by atoms with Crippen LogP contribution >= 0.6 is 0 Å². The minimum atomic E-state index is 0.390. The van der Waals surface area contributed by atoms with Gasteiger partial charge in [0.25, 0.3) is 0 Å². The molecule has 1 aromatic rings. The minimum Gasteiger partial charge on any atom is -0.496 e. The first-order valence-corrected chi connectivity index (χ1v) is 7.39. The van der Waals surface area contributed by atoms with E-state index in [1.165, 1.54) is 24.8 Å². The minimum absolute atomic E-state index is 0.390. The third kappa shape index (κ3) is 4.20. The molecule has 0 amide bonds. The molecule has 1 heterocycles. The fourth-order valence-electron chi connectivity index (χ4n) is 2.77. The van der Waals surface area contributed by atoms with Gasteiger partial charge in [0.05, 0.1) is 13.2 Å². The molecule has 0 aromatic heterocycles. The molecule has 0 bridgehead atoms. The average molecular weight is 278 g/mol. The summed E-state index contributed by atoms with van der Waals surface area (Å²) in [6.45, 7) is 3.33. The van der Waals surface area contributed by atoms with Crippen molar-refractivity contribution in [3.63, 3.8) is 0 Å². The summed E-state index contributed by atoms with van der Waals surface area (Å²) in [5.41, 5.74) is 8.09. The van der Waals surface area contributed by atoms with Gasteiger partial charge in [0.15, 0.2) is 0 Å². The molecule has 0 spiro atoms. The molecule has 20 heavy (non-hydrogen) atoms. The number of nitrogens with two attached hydrogens (primary N) is 1. The number of methoxy groups -OCH3 is 1. The Bertz CT molecular complexity index is 417. The zero-order chi connectivity index (χ0) is 14.4. The molecule has 2 N–H and O–H groups in total. The second-order valence-corrected chi connectivity index (χ2v) is 5.54. The highest BCUT2D eigenvalue weighted by molar-refractivity contribution is 5.37. The SMILES string of the molecule is COc1ccc(CN(C)CC2CCCCO2)cc1CN. The Balaban J connectivity index is 1.91. The molecule has 4 heteroatoms. The second-order valence-electron chi connectivity index (χ2n) is 5.54. The van der Waals surface area contributed by atoms with Gasteiger partial charge < -0.3 is 15.2 Å². The maximum Gasteiger partial charge on any atom is 0.123 e. The molecule has 1 aliphatic rings. The van der Waals surface area contributed by atoms with Crippen molar-refractivity contribution in [3.8, 4) is 5.75 Å². The Labute approximate surface area is 121 Å². The maximum atomic E-state index is 5.79. The van der Waals surface area contributed by atoms with Crippen molar-refractivity contribution in [2.24, 2.45) is 5.73 Å². The van der Waals surface area contributed by atoms with Gasteiger partial charge in [-0.1, -0.05) is 6.07 Å². The van der Waals surface area contributed by atoms with Crippen LogP contribution in [0.2, 0.25) is 0 Å². The molecule has 0 saturated carbocycles. The lowest BCUT2D eigenvalue weighted by Crippen LogP contribution is -2.33. The first-order chi connectivity index (χ1) is 9.72. The van der Waals surface area contributed by atoms with E-state index in [9.17, 15) is 0 Å². The molecular formula is C16H26N2O2. The summed E-state index contributed by atoms with van der Waals surface area (Å²) in [7, 11) is 3.82. The highest BCUT2D eigenvalue weighted by Gasteiger charge is 2.16. The predicted octanol–water partition coefficient (Wildman–Crippen LogP) is 2.15. The van der Waals surface area contributed by atoms with Crippen molar-refractivity contribution in [1.29, 1.82) is 0 Å². The van der Waals surface area contributed by atoms with Crippen molar-refractivity contribution < 1.29 is 9.47 Å². The predicted molar refractivity (Wildman–Crippen MR) is 80.8 cm³/mol. The molecule has 4 nitrogen and oxygen atoms in total.